The Morgan fingerprint density at radius 2 is 2.19 bits per heavy atom. The van der Waals surface area contributed by atoms with Gasteiger partial charge in [0.2, 0.25) is 0 Å². The predicted octanol–water partition coefficient (Wildman–Crippen LogP) is 1.51. The Hall–Kier alpha value is -2.61. The zero-order chi connectivity index (χ0) is 18.4. The molecule has 0 bridgehead atoms. The van der Waals surface area contributed by atoms with Gasteiger partial charge in [-0.2, -0.15) is 0 Å². The van der Waals surface area contributed by atoms with Crippen LogP contribution in [0, 0.1) is 0 Å². The molecule has 0 unspecified atom stereocenters. The van der Waals surface area contributed by atoms with E-state index in [1.807, 2.05) is 4.57 Å². The minimum absolute atomic E-state index is 0.255. The van der Waals surface area contributed by atoms with Crippen molar-refractivity contribution in [2.24, 2.45) is 0 Å². The number of carbonyl (C=O) groups is 2. The first-order valence-corrected chi connectivity index (χ1v) is 8.88. The maximum atomic E-state index is 12.6. The van der Waals surface area contributed by atoms with Crippen LogP contribution in [0.3, 0.4) is 0 Å². The number of nitrogens with one attached hydrogen (secondary N) is 2. The number of furan rings is 1. The smallest absolute Gasteiger partial charge is 0.287 e. The van der Waals surface area contributed by atoms with Gasteiger partial charge in [0.05, 0.1) is 18.5 Å². The van der Waals surface area contributed by atoms with Crippen molar-refractivity contribution in [2.45, 2.75) is 38.8 Å². The number of hydrogen-bond donors (Lipinski definition) is 2. The second-order valence-corrected chi connectivity index (χ2v) is 6.20. The van der Waals surface area contributed by atoms with E-state index in [0.717, 1.165) is 31.4 Å². The molecule has 0 saturated carbocycles. The number of ether oxygens (including phenoxy) is 1. The third kappa shape index (κ3) is 4.13. The summed E-state index contributed by atoms with van der Waals surface area (Å²) in [5.41, 5.74) is 1.16. The summed E-state index contributed by atoms with van der Waals surface area (Å²) in [7, 11) is 1.63. The van der Waals surface area contributed by atoms with E-state index in [1.165, 1.54) is 0 Å². The fraction of sp³-hybridized carbons (Fsp3) is 0.500. The predicted molar refractivity (Wildman–Crippen MR) is 93.9 cm³/mol. The Kier molecular flexibility index (Phi) is 6.06. The fourth-order valence-electron chi connectivity index (χ4n) is 3.06. The largest absolute Gasteiger partial charge is 0.467 e. The van der Waals surface area contributed by atoms with Gasteiger partial charge < -0.3 is 24.4 Å². The Morgan fingerprint density at radius 3 is 2.96 bits per heavy atom. The molecule has 2 amide bonds. The lowest BCUT2D eigenvalue weighted by Gasteiger charge is -2.17. The van der Waals surface area contributed by atoms with Crippen LogP contribution in [-0.2, 0) is 24.2 Å². The molecule has 8 heteroatoms. The summed E-state index contributed by atoms with van der Waals surface area (Å²) in [4.78, 5) is 29.4. The second kappa shape index (κ2) is 8.66. The SMILES string of the molecule is COCCCNC(=O)c1nc(C(=O)NCc2ccco2)c2n1CCCC2. The van der Waals surface area contributed by atoms with Gasteiger partial charge in [-0.15, -0.1) is 0 Å². The Morgan fingerprint density at radius 1 is 1.31 bits per heavy atom. The van der Waals surface area contributed by atoms with Gasteiger partial charge in [0.15, 0.2) is 5.82 Å². The zero-order valence-electron chi connectivity index (χ0n) is 14.9. The van der Waals surface area contributed by atoms with Gasteiger partial charge in [-0.1, -0.05) is 0 Å². The van der Waals surface area contributed by atoms with E-state index in [2.05, 4.69) is 15.6 Å². The summed E-state index contributed by atoms with van der Waals surface area (Å²) < 4.78 is 12.1. The molecular formula is C18H24N4O4. The number of nitrogens with zero attached hydrogens (tertiary/aromatic N) is 2. The normalized spacial score (nSPS) is 13.3. The van der Waals surface area contributed by atoms with Gasteiger partial charge in [0, 0.05) is 26.8 Å². The maximum Gasteiger partial charge on any atom is 0.287 e. The highest BCUT2D eigenvalue weighted by Gasteiger charge is 2.27. The van der Waals surface area contributed by atoms with Crippen LogP contribution >= 0.6 is 0 Å². The quantitative estimate of drug-likeness (QED) is 0.695. The third-order valence-corrected chi connectivity index (χ3v) is 4.35. The van der Waals surface area contributed by atoms with E-state index in [4.69, 9.17) is 9.15 Å². The Balaban J connectivity index is 1.72. The zero-order valence-corrected chi connectivity index (χ0v) is 14.9. The van der Waals surface area contributed by atoms with E-state index in [-0.39, 0.29) is 18.4 Å². The minimum Gasteiger partial charge on any atom is -0.467 e. The molecule has 0 atom stereocenters. The standard InChI is InChI=1S/C18H24N4O4/c1-25-10-5-8-19-18(24)16-21-15(14-7-2-3-9-22(14)16)17(23)20-12-13-6-4-11-26-13/h4,6,11H,2-3,5,7-10,12H2,1H3,(H,19,24)(H,20,23). The number of amides is 2. The maximum absolute atomic E-state index is 12.6. The monoisotopic (exact) mass is 360 g/mol. The van der Waals surface area contributed by atoms with Crippen LogP contribution in [0.15, 0.2) is 22.8 Å². The highest BCUT2D eigenvalue weighted by molar-refractivity contribution is 5.97. The van der Waals surface area contributed by atoms with Gasteiger partial charge in [-0.05, 0) is 37.8 Å². The average Bonchev–Trinajstić information content (AvgIpc) is 3.31. The Bertz CT molecular complexity index is 752. The summed E-state index contributed by atoms with van der Waals surface area (Å²) >= 11 is 0. The van der Waals surface area contributed by atoms with E-state index >= 15 is 0 Å². The van der Waals surface area contributed by atoms with Crippen LogP contribution in [0.1, 0.15) is 51.8 Å². The fourth-order valence-corrected chi connectivity index (χ4v) is 3.06. The van der Waals surface area contributed by atoms with Gasteiger partial charge in [0.1, 0.15) is 11.5 Å². The van der Waals surface area contributed by atoms with Gasteiger partial charge in [-0.3, -0.25) is 9.59 Å². The van der Waals surface area contributed by atoms with Crippen LogP contribution in [0.25, 0.3) is 0 Å². The van der Waals surface area contributed by atoms with Crippen molar-refractivity contribution >= 4 is 11.8 Å². The molecule has 26 heavy (non-hydrogen) atoms. The third-order valence-electron chi connectivity index (χ3n) is 4.35. The first-order chi connectivity index (χ1) is 12.7. The van der Waals surface area contributed by atoms with Crippen molar-refractivity contribution in [1.82, 2.24) is 20.2 Å². The van der Waals surface area contributed by atoms with Crippen molar-refractivity contribution in [1.29, 1.82) is 0 Å². The molecule has 0 aromatic carbocycles. The molecule has 0 spiro atoms. The van der Waals surface area contributed by atoms with Crippen molar-refractivity contribution in [3.63, 3.8) is 0 Å². The first kappa shape index (κ1) is 18.2. The molecule has 0 radical (unpaired) electrons. The number of aromatic nitrogens is 2. The van der Waals surface area contributed by atoms with Crippen molar-refractivity contribution in [3.05, 3.63) is 41.4 Å². The van der Waals surface area contributed by atoms with Crippen molar-refractivity contribution in [2.75, 3.05) is 20.3 Å². The topological polar surface area (TPSA) is 98.4 Å². The molecule has 3 heterocycles. The number of fused-ring (bicyclic) bond motifs is 1. The summed E-state index contributed by atoms with van der Waals surface area (Å²) in [6.07, 6.45) is 4.99. The number of carbonyl (C=O) groups excluding carboxylic acids is 2. The molecular weight excluding hydrogens is 336 g/mol. The van der Waals surface area contributed by atoms with Gasteiger partial charge in [-0.25, -0.2) is 4.98 Å². The first-order valence-electron chi connectivity index (χ1n) is 8.88. The molecule has 2 N–H and O–H groups in total. The Labute approximate surface area is 151 Å². The van der Waals surface area contributed by atoms with Crippen LogP contribution < -0.4 is 10.6 Å². The molecule has 8 nitrogen and oxygen atoms in total. The minimum atomic E-state index is -0.287. The van der Waals surface area contributed by atoms with Crippen molar-refractivity contribution in [3.8, 4) is 0 Å². The molecule has 0 saturated heterocycles. The van der Waals surface area contributed by atoms with Gasteiger partial charge in [0.25, 0.3) is 11.8 Å². The summed E-state index contributed by atoms with van der Waals surface area (Å²) in [5.74, 6) is 0.433. The molecule has 2 aromatic heterocycles. The van der Waals surface area contributed by atoms with Crippen LogP contribution in [0.2, 0.25) is 0 Å². The van der Waals surface area contributed by atoms with E-state index in [0.29, 0.717) is 37.0 Å². The van der Waals surface area contributed by atoms with Crippen LogP contribution in [0.4, 0.5) is 0 Å². The van der Waals surface area contributed by atoms with E-state index in [9.17, 15) is 9.59 Å². The lowest BCUT2D eigenvalue weighted by Crippen LogP contribution is -2.29. The summed E-state index contributed by atoms with van der Waals surface area (Å²) in [6, 6.07) is 3.56. The molecule has 0 fully saturated rings. The lowest BCUT2D eigenvalue weighted by molar-refractivity contribution is 0.0932. The van der Waals surface area contributed by atoms with E-state index in [1.54, 1.807) is 25.5 Å². The molecule has 3 rings (SSSR count). The lowest BCUT2D eigenvalue weighted by atomic mass is 10.1. The van der Waals surface area contributed by atoms with Crippen LogP contribution in [0.5, 0.6) is 0 Å². The second-order valence-electron chi connectivity index (χ2n) is 6.20. The molecule has 140 valence electrons. The highest BCUT2D eigenvalue weighted by Crippen LogP contribution is 2.21. The number of rotatable bonds is 8. The van der Waals surface area contributed by atoms with Crippen LogP contribution in [-0.4, -0.2) is 41.6 Å². The molecule has 1 aliphatic heterocycles. The summed E-state index contributed by atoms with van der Waals surface area (Å²) in [6.45, 7) is 2.08. The average molecular weight is 360 g/mol. The number of imidazole rings is 1. The van der Waals surface area contributed by atoms with Gasteiger partial charge >= 0.3 is 0 Å². The van der Waals surface area contributed by atoms with Crippen molar-refractivity contribution < 1.29 is 18.7 Å². The molecule has 0 aliphatic carbocycles. The molecule has 2 aromatic rings. The number of methoxy groups -OCH3 is 1. The summed E-state index contributed by atoms with van der Waals surface area (Å²) in [5, 5.41) is 5.65. The number of hydrogen-bond acceptors (Lipinski definition) is 5. The molecule has 1 aliphatic rings. The van der Waals surface area contributed by atoms with E-state index < -0.39 is 0 Å². The highest BCUT2D eigenvalue weighted by atomic mass is 16.5.